The Morgan fingerprint density at radius 3 is 2.63 bits per heavy atom. The van der Waals surface area contributed by atoms with Crippen LogP contribution >= 0.6 is 0 Å². The van der Waals surface area contributed by atoms with Crippen LogP contribution in [0.5, 0.6) is 0 Å². The molecule has 1 aliphatic rings. The molecular formula is C13H24N2O4. The fourth-order valence-corrected chi connectivity index (χ4v) is 2.54. The molecule has 0 aromatic rings. The van der Waals surface area contributed by atoms with Crippen LogP contribution in [0.25, 0.3) is 0 Å². The average Bonchev–Trinajstić information content (AvgIpc) is 2.38. The molecule has 1 saturated heterocycles. The van der Waals surface area contributed by atoms with E-state index in [1.165, 1.54) is 7.11 Å². The lowest BCUT2D eigenvalue weighted by Gasteiger charge is -2.37. The van der Waals surface area contributed by atoms with Gasteiger partial charge in [-0.3, -0.25) is 0 Å². The van der Waals surface area contributed by atoms with Crippen LogP contribution in [0.2, 0.25) is 0 Å². The number of carbonyl (C=O) groups is 2. The van der Waals surface area contributed by atoms with E-state index in [2.05, 4.69) is 12.2 Å². The number of likely N-dealkylation sites (tertiary alicyclic amines) is 1. The summed E-state index contributed by atoms with van der Waals surface area (Å²) in [6, 6.07) is -0.0663. The van der Waals surface area contributed by atoms with Gasteiger partial charge in [0, 0.05) is 13.1 Å². The molecule has 0 spiro atoms. The van der Waals surface area contributed by atoms with E-state index in [9.17, 15) is 9.59 Å². The molecule has 1 N–H and O–H groups in total. The number of carbonyl (C=O) groups excluding carboxylic acids is 2. The van der Waals surface area contributed by atoms with Gasteiger partial charge in [-0.15, -0.1) is 0 Å². The molecule has 0 aromatic carbocycles. The van der Waals surface area contributed by atoms with Crippen LogP contribution in [0, 0.1) is 5.92 Å². The van der Waals surface area contributed by atoms with Gasteiger partial charge in [0.1, 0.15) is 0 Å². The number of rotatable bonds is 4. The summed E-state index contributed by atoms with van der Waals surface area (Å²) in [4.78, 5) is 24.7. The second kappa shape index (κ2) is 7.86. The summed E-state index contributed by atoms with van der Waals surface area (Å²) in [7, 11) is 1.37. The van der Waals surface area contributed by atoms with Crippen LogP contribution in [-0.2, 0) is 9.47 Å². The first kappa shape index (κ1) is 15.6. The van der Waals surface area contributed by atoms with Crippen molar-refractivity contribution >= 4 is 12.2 Å². The van der Waals surface area contributed by atoms with Crippen molar-refractivity contribution < 1.29 is 19.1 Å². The third kappa shape index (κ3) is 4.96. The highest BCUT2D eigenvalue weighted by Gasteiger charge is 2.31. The van der Waals surface area contributed by atoms with Crippen LogP contribution in [0.4, 0.5) is 9.59 Å². The minimum atomic E-state index is -0.422. The first-order chi connectivity index (χ1) is 9.10. The van der Waals surface area contributed by atoms with E-state index < -0.39 is 6.09 Å². The van der Waals surface area contributed by atoms with Gasteiger partial charge in [-0.2, -0.15) is 0 Å². The predicted molar refractivity (Wildman–Crippen MR) is 70.9 cm³/mol. The lowest BCUT2D eigenvalue weighted by Crippen LogP contribution is -2.52. The zero-order valence-electron chi connectivity index (χ0n) is 12.0. The monoisotopic (exact) mass is 272 g/mol. The molecule has 1 aliphatic heterocycles. The molecule has 0 radical (unpaired) electrons. The Kier molecular flexibility index (Phi) is 6.45. The van der Waals surface area contributed by atoms with Crippen molar-refractivity contribution in [3.8, 4) is 0 Å². The normalized spacial score (nSPS) is 22.8. The highest BCUT2D eigenvalue weighted by atomic mass is 16.5. The number of piperidine rings is 1. The Bertz CT molecular complexity index is 309. The number of hydrogen-bond donors (Lipinski definition) is 1. The molecular weight excluding hydrogens is 248 g/mol. The summed E-state index contributed by atoms with van der Waals surface area (Å²) in [5.41, 5.74) is 0. The summed E-state index contributed by atoms with van der Waals surface area (Å²) in [6.07, 6.45) is 2.21. The number of ether oxygens (including phenoxy) is 2. The molecule has 1 heterocycles. The Morgan fingerprint density at radius 2 is 2.05 bits per heavy atom. The van der Waals surface area contributed by atoms with Crippen molar-refractivity contribution in [1.82, 2.24) is 10.2 Å². The summed E-state index contributed by atoms with van der Waals surface area (Å²) >= 11 is 0. The lowest BCUT2D eigenvalue weighted by atomic mass is 9.91. The molecule has 6 heteroatoms. The van der Waals surface area contributed by atoms with Crippen LogP contribution in [0.3, 0.4) is 0 Å². The Morgan fingerprint density at radius 1 is 1.32 bits per heavy atom. The molecule has 1 fully saturated rings. The third-order valence-corrected chi connectivity index (χ3v) is 3.26. The van der Waals surface area contributed by atoms with E-state index in [1.54, 1.807) is 11.8 Å². The fraction of sp³-hybridized carbons (Fsp3) is 0.846. The molecule has 2 atom stereocenters. The molecule has 110 valence electrons. The number of nitrogens with zero attached hydrogens (tertiary/aromatic N) is 1. The Labute approximate surface area is 114 Å². The number of nitrogens with one attached hydrogen (secondary N) is 1. The van der Waals surface area contributed by atoms with Gasteiger partial charge < -0.3 is 19.7 Å². The maximum absolute atomic E-state index is 11.6. The maximum Gasteiger partial charge on any atom is 0.409 e. The molecule has 1 rings (SSSR count). The zero-order chi connectivity index (χ0) is 14.3. The topological polar surface area (TPSA) is 67.9 Å². The minimum absolute atomic E-state index is 0.0663. The highest BCUT2D eigenvalue weighted by Crippen LogP contribution is 2.22. The van der Waals surface area contributed by atoms with Crippen molar-refractivity contribution in [2.45, 2.75) is 39.2 Å². The molecule has 6 nitrogen and oxygen atoms in total. The van der Waals surface area contributed by atoms with Gasteiger partial charge in [-0.1, -0.05) is 13.3 Å². The molecule has 0 bridgehead atoms. The SMILES string of the molecule is CCCC1CC(NC(=O)OCC)CN(C(=O)OC)C1. The van der Waals surface area contributed by atoms with Crippen molar-refractivity contribution in [2.75, 3.05) is 26.8 Å². The summed E-state index contributed by atoms with van der Waals surface area (Å²) < 4.78 is 9.64. The van der Waals surface area contributed by atoms with Gasteiger partial charge in [-0.25, -0.2) is 9.59 Å². The quantitative estimate of drug-likeness (QED) is 0.849. The predicted octanol–water partition coefficient (Wildman–Crippen LogP) is 1.99. The van der Waals surface area contributed by atoms with Crippen LogP contribution < -0.4 is 5.32 Å². The van der Waals surface area contributed by atoms with Gasteiger partial charge in [0.15, 0.2) is 0 Å². The van der Waals surface area contributed by atoms with E-state index >= 15 is 0 Å². The van der Waals surface area contributed by atoms with Gasteiger partial charge in [0.25, 0.3) is 0 Å². The van der Waals surface area contributed by atoms with E-state index in [1.807, 2.05) is 0 Å². The van der Waals surface area contributed by atoms with E-state index in [0.717, 1.165) is 19.3 Å². The van der Waals surface area contributed by atoms with Gasteiger partial charge >= 0.3 is 12.2 Å². The Balaban J connectivity index is 2.59. The fourth-order valence-electron chi connectivity index (χ4n) is 2.54. The molecule has 0 saturated carbocycles. The van der Waals surface area contributed by atoms with Crippen molar-refractivity contribution in [2.24, 2.45) is 5.92 Å². The second-order valence-corrected chi connectivity index (χ2v) is 4.83. The first-order valence-electron chi connectivity index (χ1n) is 6.86. The molecule has 0 aromatic heterocycles. The number of methoxy groups -OCH3 is 1. The second-order valence-electron chi connectivity index (χ2n) is 4.83. The number of amides is 2. The van der Waals surface area contributed by atoms with Gasteiger partial charge in [-0.05, 0) is 25.7 Å². The highest BCUT2D eigenvalue weighted by molar-refractivity contribution is 5.69. The van der Waals surface area contributed by atoms with E-state index in [-0.39, 0.29) is 12.1 Å². The van der Waals surface area contributed by atoms with Crippen LogP contribution in [0.1, 0.15) is 33.1 Å². The zero-order valence-corrected chi connectivity index (χ0v) is 12.0. The molecule has 19 heavy (non-hydrogen) atoms. The molecule has 0 aliphatic carbocycles. The smallest absolute Gasteiger partial charge is 0.409 e. The van der Waals surface area contributed by atoms with Gasteiger partial charge in [0.05, 0.1) is 19.8 Å². The lowest BCUT2D eigenvalue weighted by molar-refractivity contribution is 0.0848. The summed E-state index contributed by atoms with van der Waals surface area (Å²) in [5, 5.41) is 2.81. The van der Waals surface area contributed by atoms with Crippen LogP contribution in [0.15, 0.2) is 0 Å². The van der Waals surface area contributed by atoms with Crippen LogP contribution in [-0.4, -0.2) is 49.9 Å². The van der Waals surface area contributed by atoms with E-state index in [4.69, 9.17) is 9.47 Å². The van der Waals surface area contributed by atoms with Gasteiger partial charge in [0.2, 0.25) is 0 Å². The van der Waals surface area contributed by atoms with E-state index in [0.29, 0.717) is 25.6 Å². The van der Waals surface area contributed by atoms with Crippen molar-refractivity contribution in [1.29, 1.82) is 0 Å². The minimum Gasteiger partial charge on any atom is -0.453 e. The first-order valence-corrected chi connectivity index (χ1v) is 6.86. The maximum atomic E-state index is 11.6. The standard InChI is InChI=1S/C13H24N2O4/c1-4-6-10-7-11(14-12(16)19-5-2)9-15(8-10)13(17)18-3/h10-11H,4-9H2,1-3H3,(H,14,16). The average molecular weight is 272 g/mol. The number of hydrogen-bond acceptors (Lipinski definition) is 4. The third-order valence-electron chi connectivity index (χ3n) is 3.26. The largest absolute Gasteiger partial charge is 0.453 e. The van der Waals surface area contributed by atoms with Crippen molar-refractivity contribution in [3.05, 3.63) is 0 Å². The summed E-state index contributed by atoms with van der Waals surface area (Å²) in [5.74, 6) is 0.393. The number of alkyl carbamates (subject to hydrolysis) is 1. The molecule has 2 unspecified atom stereocenters. The summed E-state index contributed by atoms with van der Waals surface area (Å²) in [6.45, 7) is 5.40. The van der Waals surface area contributed by atoms with Crippen molar-refractivity contribution in [3.63, 3.8) is 0 Å². The molecule has 2 amide bonds. The Hall–Kier alpha value is -1.46.